The Morgan fingerprint density at radius 3 is 2.65 bits per heavy atom. The Morgan fingerprint density at radius 2 is 1.85 bits per heavy atom. The lowest BCUT2D eigenvalue weighted by atomic mass is 10.2. The van der Waals surface area contributed by atoms with E-state index in [-0.39, 0.29) is 5.56 Å². The molecule has 0 unspecified atom stereocenters. The zero-order valence-electron chi connectivity index (χ0n) is 14.4. The molecule has 132 valence electrons. The molecule has 0 radical (unpaired) electrons. The van der Waals surface area contributed by atoms with Crippen molar-refractivity contribution in [2.24, 2.45) is 0 Å². The molecule has 6 heteroatoms. The molecule has 0 saturated carbocycles. The van der Waals surface area contributed by atoms with Crippen molar-refractivity contribution >= 4 is 5.95 Å². The Kier molecular flexibility index (Phi) is 4.64. The Hall–Kier alpha value is -3.15. The third-order valence-corrected chi connectivity index (χ3v) is 4.43. The van der Waals surface area contributed by atoms with Gasteiger partial charge in [-0.05, 0) is 30.7 Å². The number of benzene rings is 1. The molecule has 2 aromatic heterocycles. The van der Waals surface area contributed by atoms with Crippen LogP contribution in [0.5, 0.6) is 5.75 Å². The van der Waals surface area contributed by atoms with Gasteiger partial charge in [0.05, 0.1) is 12.2 Å². The Labute approximate surface area is 151 Å². The molecule has 6 nitrogen and oxygen atoms in total. The van der Waals surface area contributed by atoms with E-state index in [4.69, 9.17) is 9.72 Å². The molecule has 3 heterocycles. The van der Waals surface area contributed by atoms with Crippen LogP contribution in [0.15, 0.2) is 65.7 Å². The molecule has 0 bridgehead atoms. The molecule has 4 rings (SSSR count). The van der Waals surface area contributed by atoms with E-state index in [1.807, 2.05) is 42.5 Å². The monoisotopic (exact) mass is 348 g/mol. The summed E-state index contributed by atoms with van der Waals surface area (Å²) in [6, 6.07) is 15.1. The van der Waals surface area contributed by atoms with Crippen LogP contribution in [-0.2, 0) is 6.54 Å². The molecule has 0 N–H and O–H groups in total. The van der Waals surface area contributed by atoms with Crippen molar-refractivity contribution in [2.75, 3.05) is 24.6 Å². The second-order valence-electron chi connectivity index (χ2n) is 6.17. The van der Waals surface area contributed by atoms with Gasteiger partial charge in [-0.3, -0.25) is 14.3 Å². The average molecular weight is 348 g/mol. The third kappa shape index (κ3) is 3.44. The van der Waals surface area contributed by atoms with Crippen LogP contribution in [0.4, 0.5) is 5.95 Å². The quantitative estimate of drug-likeness (QED) is 0.709. The van der Waals surface area contributed by atoms with Gasteiger partial charge in [-0.1, -0.05) is 18.2 Å². The van der Waals surface area contributed by atoms with E-state index in [0.29, 0.717) is 31.3 Å². The summed E-state index contributed by atoms with van der Waals surface area (Å²) in [6.07, 6.45) is 4.34. The smallest absolute Gasteiger partial charge is 0.255 e. The van der Waals surface area contributed by atoms with Crippen molar-refractivity contribution in [3.8, 4) is 17.0 Å². The Bertz CT molecular complexity index is 926. The first-order valence-electron chi connectivity index (χ1n) is 8.76. The number of ether oxygens (including phenoxy) is 1. The Morgan fingerprint density at radius 1 is 1.04 bits per heavy atom. The van der Waals surface area contributed by atoms with Crippen molar-refractivity contribution in [1.29, 1.82) is 0 Å². The first-order chi connectivity index (χ1) is 12.8. The highest BCUT2D eigenvalue weighted by Gasteiger charge is 2.20. The second-order valence-corrected chi connectivity index (χ2v) is 6.17. The SMILES string of the molecule is O=c1cc(-c2ccncc2)nc2n1CCCN2CCOc1ccccc1. The van der Waals surface area contributed by atoms with E-state index in [0.717, 1.165) is 24.3 Å². The van der Waals surface area contributed by atoms with Crippen LogP contribution >= 0.6 is 0 Å². The predicted molar refractivity (Wildman–Crippen MR) is 100 cm³/mol. The normalized spacial score (nSPS) is 13.3. The van der Waals surface area contributed by atoms with E-state index in [1.165, 1.54) is 0 Å². The summed E-state index contributed by atoms with van der Waals surface area (Å²) in [5.74, 6) is 1.56. The molecule has 1 aliphatic heterocycles. The van der Waals surface area contributed by atoms with Gasteiger partial charge in [0.25, 0.3) is 5.56 Å². The zero-order valence-corrected chi connectivity index (χ0v) is 14.4. The fourth-order valence-corrected chi connectivity index (χ4v) is 3.14. The lowest BCUT2D eigenvalue weighted by Gasteiger charge is -2.30. The van der Waals surface area contributed by atoms with Gasteiger partial charge in [-0.15, -0.1) is 0 Å². The molecular formula is C20H20N4O2. The molecule has 0 atom stereocenters. The molecule has 0 aliphatic carbocycles. The maximum Gasteiger partial charge on any atom is 0.255 e. The molecular weight excluding hydrogens is 328 g/mol. The number of aromatic nitrogens is 3. The summed E-state index contributed by atoms with van der Waals surface area (Å²) >= 11 is 0. The predicted octanol–water partition coefficient (Wildman–Crippen LogP) is 2.59. The topological polar surface area (TPSA) is 60.2 Å². The summed E-state index contributed by atoms with van der Waals surface area (Å²) in [7, 11) is 0. The average Bonchev–Trinajstić information content (AvgIpc) is 2.70. The largest absolute Gasteiger partial charge is 0.492 e. The van der Waals surface area contributed by atoms with Crippen LogP contribution in [0.25, 0.3) is 11.3 Å². The maximum atomic E-state index is 12.5. The standard InChI is InChI=1S/C20H20N4O2/c25-19-15-18(16-7-9-21-10-8-16)22-20-23(11-4-12-24(19)20)13-14-26-17-5-2-1-3-6-17/h1-3,5-10,15H,4,11-14H2. The molecule has 1 aromatic carbocycles. The highest BCUT2D eigenvalue weighted by molar-refractivity contribution is 5.59. The van der Waals surface area contributed by atoms with E-state index < -0.39 is 0 Å². The number of nitrogens with zero attached hydrogens (tertiary/aromatic N) is 4. The van der Waals surface area contributed by atoms with Gasteiger partial charge in [0, 0.05) is 37.1 Å². The summed E-state index contributed by atoms with van der Waals surface area (Å²) in [5.41, 5.74) is 1.56. The number of fused-ring (bicyclic) bond motifs is 1. The van der Waals surface area contributed by atoms with Crippen LogP contribution in [0, 0.1) is 0 Å². The van der Waals surface area contributed by atoms with E-state index >= 15 is 0 Å². The van der Waals surface area contributed by atoms with Gasteiger partial charge in [-0.2, -0.15) is 0 Å². The highest BCUT2D eigenvalue weighted by atomic mass is 16.5. The molecule has 0 amide bonds. The third-order valence-electron chi connectivity index (χ3n) is 4.43. The summed E-state index contributed by atoms with van der Waals surface area (Å²) in [5, 5.41) is 0. The zero-order chi connectivity index (χ0) is 17.8. The molecule has 0 saturated heterocycles. The fourth-order valence-electron chi connectivity index (χ4n) is 3.14. The summed E-state index contributed by atoms with van der Waals surface area (Å²) in [4.78, 5) is 23.5. The van der Waals surface area contributed by atoms with Crippen molar-refractivity contribution in [2.45, 2.75) is 13.0 Å². The lowest BCUT2D eigenvalue weighted by molar-refractivity contribution is 0.319. The molecule has 0 spiro atoms. The van der Waals surface area contributed by atoms with Gasteiger partial charge in [0.1, 0.15) is 12.4 Å². The molecule has 26 heavy (non-hydrogen) atoms. The van der Waals surface area contributed by atoms with Gasteiger partial charge < -0.3 is 9.64 Å². The molecule has 0 fully saturated rings. The van der Waals surface area contributed by atoms with Crippen LogP contribution in [-0.4, -0.2) is 34.2 Å². The van der Waals surface area contributed by atoms with E-state index in [2.05, 4.69) is 9.88 Å². The van der Waals surface area contributed by atoms with Gasteiger partial charge in [0.2, 0.25) is 5.95 Å². The van der Waals surface area contributed by atoms with E-state index in [9.17, 15) is 4.79 Å². The van der Waals surface area contributed by atoms with Crippen LogP contribution in [0.2, 0.25) is 0 Å². The fraction of sp³-hybridized carbons (Fsp3) is 0.250. The van der Waals surface area contributed by atoms with Crippen LogP contribution in [0.3, 0.4) is 0 Å². The van der Waals surface area contributed by atoms with Crippen molar-refractivity contribution in [1.82, 2.24) is 14.5 Å². The van der Waals surface area contributed by atoms with Crippen molar-refractivity contribution < 1.29 is 4.74 Å². The minimum absolute atomic E-state index is 0.0181. The molecule has 1 aliphatic rings. The first kappa shape index (κ1) is 16.3. The first-order valence-corrected chi connectivity index (χ1v) is 8.76. The number of hydrogen-bond donors (Lipinski definition) is 0. The highest BCUT2D eigenvalue weighted by Crippen LogP contribution is 2.21. The minimum atomic E-state index is -0.0181. The maximum absolute atomic E-state index is 12.5. The number of anilines is 1. The van der Waals surface area contributed by atoms with Crippen molar-refractivity contribution in [3.05, 3.63) is 71.3 Å². The second kappa shape index (κ2) is 7.39. The van der Waals surface area contributed by atoms with Crippen LogP contribution in [0.1, 0.15) is 6.42 Å². The van der Waals surface area contributed by atoms with Crippen LogP contribution < -0.4 is 15.2 Å². The number of rotatable bonds is 5. The molecule has 3 aromatic rings. The summed E-state index contributed by atoms with van der Waals surface area (Å²) in [6.45, 7) is 2.79. The van der Waals surface area contributed by atoms with Gasteiger partial charge >= 0.3 is 0 Å². The lowest BCUT2D eigenvalue weighted by Crippen LogP contribution is -2.40. The van der Waals surface area contributed by atoms with Crippen molar-refractivity contribution in [3.63, 3.8) is 0 Å². The Balaban J connectivity index is 1.56. The summed E-state index contributed by atoms with van der Waals surface area (Å²) < 4.78 is 7.55. The van der Waals surface area contributed by atoms with E-state index in [1.54, 1.807) is 23.0 Å². The number of pyridine rings is 1. The minimum Gasteiger partial charge on any atom is -0.492 e. The van der Waals surface area contributed by atoms with Gasteiger partial charge in [0.15, 0.2) is 0 Å². The van der Waals surface area contributed by atoms with Gasteiger partial charge in [-0.25, -0.2) is 4.98 Å². The number of hydrogen-bond acceptors (Lipinski definition) is 5. The number of para-hydroxylation sites is 1.